The Kier molecular flexibility index (Phi) is 14.0. The number of aliphatic hydroxyl groups excluding tert-OH is 2. The third kappa shape index (κ3) is 13.0. The first-order chi connectivity index (χ1) is 13.6. The van der Waals surface area contributed by atoms with Crippen molar-refractivity contribution in [2.75, 3.05) is 26.3 Å². The van der Waals surface area contributed by atoms with Crippen molar-refractivity contribution < 1.29 is 20.1 Å². The highest BCUT2D eigenvalue weighted by Gasteiger charge is 2.26. The summed E-state index contributed by atoms with van der Waals surface area (Å²) in [4.78, 5) is 10.5. The Bertz CT molecular complexity index is 648. The van der Waals surface area contributed by atoms with Gasteiger partial charge in [-0.3, -0.25) is 0 Å². The van der Waals surface area contributed by atoms with Gasteiger partial charge in [-0.15, -0.1) is 0 Å². The molecule has 1 rings (SSSR count). The second kappa shape index (κ2) is 15.0. The quantitative estimate of drug-likeness (QED) is 0.263. The highest BCUT2D eigenvalue weighted by atomic mass is 16.4. The van der Waals surface area contributed by atoms with Crippen LogP contribution in [0.4, 0.5) is 0 Å². The molecular weight excluding hydrogens is 366 g/mol. The van der Waals surface area contributed by atoms with E-state index < -0.39 is 5.97 Å². The molecule has 0 aliphatic heterocycles. The van der Waals surface area contributed by atoms with Gasteiger partial charge < -0.3 is 20.6 Å². The lowest BCUT2D eigenvalue weighted by atomic mass is 9.72. The number of aliphatic carboxylic acids is 1. The molecule has 1 aliphatic carbocycles. The summed E-state index contributed by atoms with van der Waals surface area (Å²) in [7, 11) is 0. The molecular formula is C24H39NO4. The average Bonchev–Trinajstić information content (AvgIpc) is 2.61. The van der Waals surface area contributed by atoms with Crippen LogP contribution in [-0.2, 0) is 4.79 Å². The van der Waals surface area contributed by atoms with Crippen molar-refractivity contribution in [2.24, 2.45) is 5.41 Å². The molecule has 0 saturated heterocycles. The Hall–Kier alpha value is -1.95. The molecule has 0 unspecified atom stereocenters. The van der Waals surface area contributed by atoms with Gasteiger partial charge in [0, 0.05) is 19.2 Å². The average molecular weight is 406 g/mol. The predicted molar refractivity (Wildman–Crippen MR) is 121 cm³/mol. The van der Waals surface area contributed by atoms with Gasteiger partial charge in [-0.2, -0.15) is 0 Å². The van der Waals surface area contributed by atoms with Crippen LogP contribution >= 0.6 is 0 Å². The van der Waals surface area contributed by atoms with Crippen LogP contribution in [0, 0.1) is 5.41 Å². The topological polar surface area (TPSA) is 89.8 Å². The van der Waals surface area contributed by atoms with Gasteiger partial charge >= 0.3 is 5.97 Å². The highest BCUT2D eigenvalue weighted by Crippen LogP contribution is 2.40. The first-order valence-electron chi connectivity index (χ1n) is 10.2. The Balaban J connectivity index is 0.000000956. The number of hydrogen-bond donors (Lipinski definition) is 4. The number of carboxylic acid groups (broad SMARTS) is 1. The van der Waals surface area contributed by atoms with Crippen LogP contribution in [0.15, 0.2) is 58.7 Å². The molecule has 0 aromatic heterocycles. The predicted octanol–water partition coefficient (Wildman–Crippen LogP) is 4.16. The number of carbonyl (C=O) groups is 1. The standard InChI is InChI=1S/C20H28O2.C4H11NO2/c1-15(8-6-9-16(2)14-19(21)22)11-12-18-17(3)10-7-13-20(18,4)5;6-3-1-5-2-4-7/h6,8-9,11-12,14H,7,10,13H2,1-5H3,(H,21,22);5-7H,1-4H2/b9-6+,12-11+,15-8+,16-14+;. The number of nitrogens with one attached hydrogen (secondary N) is 1. The van der Waals surface area contributed by atoms with Crippen molar-refractivity contribution in [3.05, 3.63) is 58.7 Å². The van der Waals surface area contributed by atoms with Crippen molar-refractivity contribution in [3.63, 3.8) is 0 Å². The molecule has 164 valence electrons. The van der Waals surface area contributed by atoms with E-state index in [1.807, 2.05) is 12.2 Å². The molecule has 1 aliphatic rings. The first-order valence-corrected chi connectivity index (χ1v) is 10.2. The van der Waals surface area contributed by atoms with Gasteiger partial charge in [0.1, 0.15) is 0 Å². The van der Waals surface area contributed by atoms with Gasteiger partial charge in [0.25, 0.3) is 0 Å². The molecule has 0 fully saturated rings. The maximum atomic E-state index is 10.5. The fourth-order valence-corrected chi connectivity index (χ4v) is 3.16. The van der Waals surface area contributed by atoms with Gasteiger partial charge in [0.05, 0.1) is 13.2 Å². The number of rotatable bonds is 9. The minimum atomic E-state index is -0.912. The van der Waals surface area contributed by atoms with E-state index in [9.17, 15) is 4.79 Å². The number of allylic oxidation sites excluding steroid dienone is 9. The van der Waals surface area contributed by atoms with Crippen molar-refractivity contribution >= 4 is 5.97 Å². The summed E-state index contributed by atoms with van der Waals surface area (Å²) in [6.45, 7) is 12.1. The minimum absolute atomic E-state index is 0.139. The second-order valence-corrected chi connectivity index (χ2v) is 7.96. The Morgan fingerprint density at radius 2 is 1.72 bits per heavy atom. The van der Waals surface area contributed by atoms with Crippen LogP contribution in [-0.4, -0.2) is 47.6 Å². The Morgan fingerprint density at radius 3 is 2.24 bits per heavy atom. The number of carboxylic acids is 1. The van der Waals surface area contributed by atoms with Crippen LogP contribution < -0.4 is 5.32 Å². The van der Waals surface area contributed by atoms with E-state index in [0.717, 1.165) is 11.1 Å². The summed E-state index contributed by atoms with van der Waals surface area (Å²) in [6.07, 6.45) is 15.0. The molecule has 0 bridgehead atoms. The SMILES string of the molecule is CC1=C(/C=C/C(C)=C/C=C/C(C)=C/C(=O)O)C(C)(C)CCC1.OCCNCCO. The summed E-state index contributed by atoms with van der Waals surface area (Å²) in [5.41, 5.74) is 5.09. The molecule has 4 N–H and O–H groups in total. The zero-order valence-corrected chi connectivity index (χ0v) is 18.7. The molecule has 0 heterocycles. The summed E-state index contributed by atoms with van der Waals surface area (Å²) >= 11 is 0. The van der Waals surface area contributed by atoms with E-state index in [-0.39, 0.29) is 18.6 Å². The van der Waals surface area contributed by atoms with Crippen molar-refractivity contribution in [1.82, 2.24) is 5.32 Å². The molecule has 0 radical (unpaired) electrons. The van der Waals surface area contributed by atoms with Gasteiger partial charge in [-0.25, -0.2) is 4.79 Å². The number of hydrogen-bond acceptors (Lipinski definition) is 4. The normalized spacial score (nSPS) is 17.6. The minimum Gasteiger partial charge on any atom is -0.478 e. The smallest absolute Gasteiger partial charge is 0.328 e. The summed E-state index contributed by atoms with van der Waals surface area (Å²) in [5, 5.41) is 27.7. The Labute approximate surface area is 176 Å². The lowest BCUT2D eigenvalue weighted by Gasteiger charge is -2.32. The fraction of sp³-hybridized carbons (Fsp3) is 0.542. The summed E-state index contributed by atoms with van der Waals surface area (Å²) in [5.74, 6) is -0.912. The van der Waals surface area contributed by atoms with E-state index in [2.05, 4.69) is 45.2 Å². The van der Waals surface area contributed by atoms with Crippen molar-refractivity contribution in [1.29, 1.82) is 0 Å². The highest BCUT2D eigenvalue weighted by molar-refractivity contribution is 5.81. The molecule has 5 heteroatoms. The summed E-state index contributed by atoms with van der Waals surface area (Å²) < 4.78 is 0. The van der Waals surface area contributed by atoms with Crippen LogP contribution in [0.3, 0.4) is 0 Å². The lowest BCUT2D eigenvalue weighted by molar-refractivity contribution is -0.131. The largest absolute Gasteiger partial charge is 0.478 e. The van der Waals surface area contributed by atoms with Gasteiger partial charge in [0.2, 0.25) is 0 Å². The Morgan fingerprint density at radius 1 is 1.10 bits per heavy atom. The van der Waals surface area contributed by atoms with Gasteiger partial charge in [-0.1, -0.05) is 55.4 Å². The maximum absolute atomic E-state index is 10.5. The van der Waals surface area contributed by atoms with Crippen LogP contribution in [0.5, 0.6) is 0 Å². The van der Waals surface area contributed by atoms with E-state index in [1.165, 1.54) is 36.5 Å². The monoisotopic (exact) mass is 405 g/mol. The third-order valence-electron chi connectivity index (χ3n) is 4.70. The molecule has 0 atom stereocenters. The number of aliphatic hydroxyl groups is 2. The van der Waals surface area contributed by atoms with Crippen LogP contribution in [0.2, 0.25) is 0 Å². The zero-order chi connectivity index (χ0) is 22.3. The molecule has 0 spiro atoms. The van der Waals surface area contributed by atoms with E-state index in [0.29, 0.717) is 13.1 Å². The van der Waals surface area contributed by atoms with E-state index >= 15 is 0 Å². The van der Waals surface area contributed by atoms with Crippen molar-refractivity contribution in [3.8, 4) is 0 Å². The zero-order valence-electron chi connectivity index (χ0n) is 18.7. The van der Waals surface area contributed by atoms with Crippen LogP contribution in [0.25, 0.3) is 0 Å². The van der Waals surface area contributed by atoms with Crippen molar-refractivity contribution in [2.45, 2.75) is 53.9 Å². The molecule has 5 nitrogen and oxygen atoms in total. The molecule has 0 amide bonds. The van der Waals surface area contributed by atoms with Gasteiger partial charge in [-0.05, 0) is 56.6 Å². The maximum Gasteiger partial charge on any atom is 0.328 e. The molecule has 0 aromatic carbocycles. The van der Waals surface area contributed by atoms with E-state index in [1.54, 1.807) is 13.0 Å². The second-order valence-electron chi connectivity index (χ2n) is 7.96. The molecule has 0 aromatic rings. The molecule has 29 heavy (non-hydrogen) atoms. The fourth-order valence-electron chi connectivity index (χ4n) is 3.16. The molecule has 0 saturated carbocycles. The van der Waals surface area contributed by atoms with Crippen LogP contribution in [0.1, 0.15) is 53.9 Å². The van der Waals surface area contributed by atoms with Gasteiger partial charge in [0.15, 0.2) is 0 Å². The summed E-state index contributed by atoms with van der Waals surface area (Å²) in [6, 6.07) is 0. The lowest BCUT2D eigenvalue weighted by Crippen LogP contribution is -2.21. The third-order valence-corrected chi connectivity index (χ3v) is 4.70. The van der Waals surface area contributed by atoms with E-state index in [4.69, 9.17) is 15.3 Å². The first kappa shape index (κ1) is 27.0.